The first kappa shape index (κ1) is 19.9. The zero-order valence-corrected chi connectivity index (χ0v) is 17.4. The van der Waals surface area contributed by atoms with Crippen LogP contribution in [0.3, 0.4) is 0 Å². The van der Waals surface area contributed by atoms with E-state index in [1.165, 1.54) is 6.07 Å². The summed E-state index contributed by atoms with van der Waals surface area (Å²) in [6.45, 7) is 1.74. The third kappa shape index (κ3) is 3.45. The first-order chi connectivity index (χ1) is 15.1. The van der Waals surface area contributed by atoms with Gasteiger partial charge < -0.3 is 4.98 Å². The third-order valence-corrected chi connectivity index (χ3v) is 6.93. The van der Waals surface area contributed by atoms with Crippen LogP contribution in [0.1, 0.15) is 43.7 Å². The highest BCUT2D eigenvalue weighted by Gasteiger charge is 2.50. The normalized spacial score (nSPS) is 25.7. The van der Waals surface area contributed by atoms with E-state index < -0.39 is 5.41 Å². The second-order valence-electron chi connectivity index (χ2n) is 8.69. The fourth-order valence-corrected chi connectivity index (χ4v) is 5.27. The van der Waals surface area contributed by atoms with Gasteiger partial charge in [0.2, 0.25) is 5.91 Å². The summed E-state index contributed by atoms with van der Waals surface area (Å²) in [5.74, 6) is -0.630. The van der Waals surface area contributed by atoms with Gasteiger partial charge in [-0.2, -0.15) is 0 Å². The number of halogens is 1. The number of allylic oxidation sites excluding steroid dienone is 3. The first-order valence-corrected chi connectivity index (χ1v) is 11.0. The number of carbonyl (C=O) groups is 2. The summed E-state index contributed by atoms with van der Waals surface area (Å²) >= 11 is 0. The number of carbonyl (C=O) groups excluding carboxylic acids is 2. The number of nitrogens with zero attached hydrogens (tertiary/aromatic N) is 1. The highest BCUT2D eigenvalue weighted by atomic mass is 19.1. The van der Waals surface area contributed by atoms with Crippen LogP contribution in [0.4, 0.5) is 4.39 Å². The van der Waals surface area contributed by atoms with Gasteiger partial charge in [0.25, 0.3) is 5.91 Å². The van der Waals surface area contributed by atoms with E-state index in [4.69, 9.17) is 0 Å². The van der Waals surface area contributed by atoms with E-state index in [1.807, 2.05) is 18.3 Å². The van der Waals surface area contributed by atoms with Crippen molar-refractivity contribution in [3.8, 4) is 0 Å². The smallest absolute Gasteiger partial charge is 0.254 e. The van der Waals surface area contributed by atoms with Crippen molar-refractivity contribution >= 4 is 22.7 Å². The number of hydrogen-bond donors (Lipinski definition) is 2. The molecule has 3 heterocycles. The maximum absolute atomic E-state index is 13.8. The molecule has 0 radical (unpaired) electrons. The Labute approximate surface area is 180 Å². The van der Waals surface area contributed by atoms with Crippen molar-refractivity contribution in [2.24, 2.45) is 5.41 Å². The Morgan fingerprint density at radius 1 is 1.16 bits per heavy atom. The molecule has 2 aliphatic heterocycles. The Kier molecular flexibility index (Phi) is 5.10. The maximum Gasteiger partial charge on any atom is 0.254 e. The predicted octanol–water partition coefficient (Wildman–Crippen LogP) is 4.31. The summed E-state index contributed by atoms with van der Waals surface area (Å²) < 4.78 is 13.8. The molecule has 2 N–H and O–H groups in total. The molecule has 2 amide bonds. The van der Waals surface area contributed by atoms with Crippen LogP contribution in [0.2, 0.25) is 0 Å². The minimum absolute atomic E-state index is 0.160. The van der Waals surface area contributed by atoms with Crippen molar-refractivity contribution in [1.82, 2.24) is 15.2 Å². The van der Waals surface area contributed by atoms with Crippen LogP contribution in [-0.4, -0.2) is 34.8 Å². The molecule has 31 heavy (non-hydrogen) atoms. The van der Waals surface area contributed by atoms with Crippen LogP contribution in [0.25, 0.3) is 10.9 Å². The van der Waals surface area contributed by atoms with E-state index >= 15 is 0 Å². The predicted molar refractivity (Wildman–Crippen MR) is 118 cm³/mol. The number of aromatic nitrogens is 1. The number of fused-ring (bicyclic) bond motifs is 2. The van der Waals surface area contributed by atoms with Gasteiger partial charge in [0.1, 0.15) is 5.82 Å². The minimum Gasteiger partial charge on any atom is -0.361 e. The number of unbranched alkanes of at least 4 members (excludes halogenated alkanes) is 1. The first-order valence-electron chi connectivity index (χ1n) is 11.0. The van der Waals surface area contributed by atoms with E-state index in [0.717, 1.165) is 48.8 Å². The number of nitrogens with one attached hydrogen (secondary N) is 2. The topological polar surface area (TPSA) is 65.2 Å². The monoisotopic (exact) mass is 419 g/mol. The number of imide groups is 1. The Balaban J connectivity index is 1.26. The lowest BCUT2D eigenvalue weighted by Gasteiger charge is -2.33. The van der Waals surface area contributed by atoms with Crippen LogP contribution in [0.5, 0.6) is 0 Å². The molecule has 160 valence electrons. The van der Waals surface area contributed by atoms with Gasteiger partial charge in [-0.05, 0) is 56.0 Å². The third-order valence-electron chi connectivity index (χ3n) is 6.93. The highest BCUT2D eigenvalue weighted by Crippen LogP contribution is 2.43. The van der Waals surface area contributed by atoms with E-state index in [2.05, 4.69) is 27.4 Å². The van der Waals surface area contributed by atoms with Gasteiger partial charge in [-0.1, -0.05) is 36.8 Å². The van der Waals surface area contributed by atoms with Crippen molar-refractivity contribution in [2.45, 2.75) is 38.1 Å². The van der Waals surface area contributed by atoms with Crippen LogP contribution < -0.4 is 5.32 Å². The Morgan fingerprint density at radius 3 is 2.97 bits per heavy atom. The average Bonchev–Trinajstić information content (AvgIpc) is 3.30. The Morgan fingerprint density at radius 2 is 2.06 bits per heavy atom. The number of benzene rings is 1. The van der Waals surface area contributed by atoms with Gasteiger partial charge in [0.05, 0.1) is 5.41 Å². The molecule has 1 aromatic heterocycles. The molecule has 0 bridgehead atoms. The van der Waals surface area contributed by atoms with Gasteiger partial charge in [0.15, 0.2) is 0 Å². The van der Waals surface area contributed by atoms with Crippen LogP contribution in [0, 0.1) is 11.2 Å². The van der Waals surface area contributed by atoms with E-state index in [9.17, 15) is 14.0 Å². The van der Waals surface area contributed by atoms with E-state index in [-0.39, 0.29) is 23.7 Å². The molecule has 2 atom stereocenters. The van der Waals surface area contributed by atoms with Gasteiger partial charge in [-0.25, -0.2) is 4.39 Å². The number of hydrogen-bond acceptors (Lipinski definition) is 3. The lowest BCUT2D eigenvalue weighted by molar-refractivity contribution is -0.128. The summed E-state index contributed by atoms with van der Waals surface area (Å²) in [7, 11) is 0. The van der Waals surface area contributed by atoms with E-state index in [0.29, 0.717) is 18.4 Å². The standard InChI is InChI=1S/C25H26FN3O2/c26-17-9-10-21-18(15-17)19(16-27-21)22-8-2-5-13-29(22)14-6-4-12-25-11-3-1-7-20(25)23(30)28-24(25)31/h1-3,5,7,9-10,15-16,22,27H,4,6,8,11-14H2,(H,28,30,31). The molecular formula is C25H26FN3O2. The van der Waals surface area contributed by atoms with Gasteiger partial charge in [0, 0.05) is 35.3 Å². The molecule has 1 aromatic carbocycles. The zero-order valence-electron chi connectivity index (χ0n) is 17.4. The molecule has 6 heteroatoms. The molecule has 5 nitrogen and oxygen atoms in total. The van der Waals surface area contributed by atoms with Crippen molar-refractivity contribution in [3.05, 3.63) is 71.7 Å². The molecule has 1 saturated heterocycles. The van der Waals surface area contributed by atoms with Crippen LogP contribution in [0.15, 0.2) is 60.3 Å². The number of amides is 2. The van der Waals surface area contributed by atoms with Crippen molar-refractivity contribution < 1.29 is 14.0 Å². The minimum atomic E-state index is -0.693. The average molecular weight is 420 g/mol. The molecule has 1 fully saturated rings. The summed E-state index contributed by atoms with van der Waals surface area (Å²) in [6.07, 6.45) is 15.9. The highest BCUT2D eigenvalue weighted by molar-refractivity contribution is 6.17. The molecule has 0 spiro atoms. The van der Waals surface area contributed by atoms with Crippen molar-refractivity contribution in [3.63, 3.8) is 0 Å². The van der Waals surface area contributed by atoms with Crippen LogP contribution in [-0.2, 0) is 9.59 Å². The SMILES string of the molecule is O=C1NC(=O)C2(CCCCN3CC=CCC3c3c[nH]c4ccc(F)cc34)CC=CC=C12. The summed E-state index contributed by atoms with van der Waals surface area (Å²) in [5, 5.41) is 3.44. The van der Waals surface area contributed by atoms with E-state index in [1.54, 1.807) is 18.2 Å². The lowest BCUT2D eigenvalue weighted by atomic mass is 9.72. The second kappa shape index (κ2) is 7.93. The molecule has 5 rings (SSSR count). The molecule has 2 unspecified atom stereocenters. The summed E-state index contributed by atoms with van der Waals surface area (Å²) in [5.41, 5.74) is 1.99. The maximum atomic E-state index is 13.8. The molecule has 1 aliphatic carbocycles. The van der Waals surface area contributed by atoms with Crippen LogP contribution >= 0.6 is 0 Å². The summed E-state index contributed by atoms with van der Waals surface area (Å²) in [6, 6.07) is 5.07. The second-order valence-corrected chi connectivity index (χ2v) is 8.69. The molecule has 3 aliphatic rings. The van der Waals surface area contributed by atoms with Gasteiger partial charge in [-0.15, -0.1) is 0 Å². The quantitative estimate of drug-likeness (QED) is 0.417. The largest absolute Gasteiger partial charge is 0.361 e. The van der Waals surface area contributed by atoms with Gasteiger partial charge >= 0.3 is 0 Å². The zero-order chi connectivity index (χ0) is 21.4. The van der Waals surface area contributed by atoms with Crippen molar-refractivity contribution in [1.29, 1.82) is 0 Å². The fraction of sp³-hybridized carbons (Fsp3) is 0.360. The number of rotatable bonds is 6. The molecular weight excluding hydrogens is 393 g/mol. The summed E-state index contributed by atoms with van der Waals surface area (Å²) in [4.78, 5) is 30.4. The molecule has 0 saturated carbocycles. The number of aromatic amines is 1. The number of H-pyrrole nitrogens is 1. The Hall–Kier alpha value is -2.99. The van der Waals surface area contributed by atoms with Crippen molar-refractivity contribution in [2.75, 3.05) is 13.1 Å². The van der Waals surface area contributed by atoms with Gasteiger partial charge in [-0.3, -0.25) is 19.8 Å². The molecule has 2 aromatic rings. The Bertz CT molecular complexity index is 1130. The lowest BCUT2D eigenvalue weighted by Crippen LogP contribution is -2.34. The fourth-order valence-electron chi connectivity index (χ4n) is 5.27.